The number of hydrogen-bond acceptors (Lipinski definition) is 3. The van der Waals surface area contributed by atoms with E-state index in [1.165, 1.54) is 0 Å². The molecule has 0 saturated carbocycles. The zero-order chi connectivity index (χ0) is 13.4. The van der Waals surface area contributed by atoms with Gasteiger partial charge >= 0.3 is 0 Å². The monoisotopic (exact) mass is 312 g/mol. The Morgan fingerprint density at radius 3 is 2.72 bits per heavy atom. The summed E-state index contributed by atoms with van der Waals surface area (Å²) < 4.78 is 11.8. The number of benzene rings is 1. The summed E-state index contributed by atoms with van der Waals surface area (Å²) in [6, 6.07) is 3.43. The van der Waals surface area contributed by atoms with Gasteiger partial charge in [-0.15, -0.1) is 0 Å². The van der Waals surface area contributed by atoms with Crippen molar-refractivity contribution in [2.24, 2.45) is 0 Å². The first kappa shape index (κ1) is 14.8. The molecule has 0 aliphatic heterocycles. The van der Waals surface area contributed by atoms with Crippen molar-refractivity contribution >= 4 is 22.2 Å². The Labute approximate surface area is 116 Å². The van der Waals surface area contributed by atoms with Crippen LogP contribution in [0.4, 0.5) is 0 Å². The van der Waals surface area contributed by atoms with E-state index in [-0.39, 0.29) is 0 Å². The molecule has 0 heterocycles. The first-order valence-electron chi connectivity index (χ1n) is 5.88. The molecule has 0 unspecified atom stereocenters. The molecular weight excluding hydrogens is 296 g/mol. The van der Waals surface area contributed by atoms with Gasteiger partial charge in [-0.05, 0) is 28.4 Å². The van der Waals surface area contributed by atoms with Gasteiger partial charge in [-0.2, -0.15) is 0 Å². The number of ether oxygens (including phenoxy) is 2. The van der Waals surface area contributed by atoms with Crippen LogP contribution >= 0.6 is 15.9 Å². The van der Waals surface area contributed by atoms with E-state index in [0.717, 1.165) is 23.6 Å². The molecule has 0 aliphatic rings. The topological polar surface area (TPSA) is 35.5 Å². The second-order valence-corrected chi connectivity index (χ2v) is 4.59. The minimum Gasteiger partial charge on any atom is -0.492 e. The molecule has 0 bridgehead atoms. The van der Waals surface area contributed by atoms with Crippen LogP contribution in [0.3, 0.4) is 0 Å². The molecule has 0 N–H and O–H groups in total. The fraction of sp³-hybridized carbons (Fsp3) is 0.357. The number of aldehydes is 1. The molecule has 1 aromatic rings. The molecule has 0 aliphatic carbocycles. The molecule has 0 radical (unpaired) electrons. The van der Waals surface area contributed by atoms with E-state index >= 15 is 0 Å². The van der Waals surface area contributed by atoms with E-state index in [9.17, 15) is 4.79 Å². The van der Waals surface area contributed by atoms with Gasteiger partial charge in [0.05, 0.1) is 16.6 Å². The number of halogens is 1. The third-order valence-corrected chi connectivity index (χ3v) is 2.92. The summed E-state index contributed by atoms with van der Waals surface area (Å²) in [6.07, 6.45) is 4.46. The van der Waals surface area contributed by atoms with E-state index in [1.54, 1.807) is 18.2 Å². The van der Waals surface area contributed by atoms with Gasteiger partial charge in [0.1, 0.15) is 18.1 Å². The Morgan fingerprint density at radius 1 is 1.33 bits per heavy atom. The molecule has 98 valence electrons. The molecule has 4 heteroatoms. The van der Waals surface area contributed by atoms with E-state index in [4.69, 9.17) is 9.47 Å². The van der Waals surface area contributed by atoms with Crippen LogP contribution in [0.1, 0.15) is 30.1 Å². The Morgan fingerprint density at radius 2 is 2.11 bits per heavy atom. The van der Waals surface area contributed by atoms with Crippen LogP contribution in [0.25, 0.3) is 0 Å². The first-order chi connectivity index (χ1) is 8.72. The van der Waals surface area contributed by atoms with Gasteiger partial charge < -0.3 is 9.47 Å². The van der Waals surface area contributed by atoms with Gasteiger partial charge in [-0.1, -0.05) is 26.0 Å². The van der Waals surface area contributed by atoms with Crippen molar-refractivity contribution < 1.29 is 14.3 Å². The Balaban J connectivity index is 2.89. The maximum absolute atomic E-state index is 10.9. The van der Waals surface area contributed by atoms with Crippen molar-refractivity contribution in [3.05, 3.63) is 34.8 Å². The fourth-order valence-electron chi connectivity index (χ4n) is 1.35. The largest absolute Gasteiger partial charge is 0.492 e. The quantitative estimate of drug-likeness (QED) is 0.413. The Bertz CT molecular complexity index is 416. The Hall–Kier alpha value is -1.29. The minimum atomic E-state index is 0.358. The number of unbranched alkanes of at least 4 members (excludes halogenated alkanes) is 1. The van der Waals surface area contributed by atoms with Gasteiger partial charge in [0.2, 0.25) is 0 Å². The molecule has 0 fully saturated rings. The first-order valence-corrected chi connectivity index (χ1v) is 6.67. The molecule has 0 amide bonds. The maximum atomic E-state index is 10.9. The highest BCUT2D eigenvalue weighted by Gasteiger charge is 2.10. The van der Waals surface area contributed by atoms with Crippen LogP contribution in [0.15, 0.2) is 29.3 Å². The summed E-state index contributed by atoms with van der Waals surface area (Å²) in [5, 5.41) is 0. The van der Waals surface area contributed by atoms with Crippen LogP contribution in [0, 0.1) is 0 Å². The smallest absolute Gasteiger partial charge is 0.153 e. The third-order valence-electron chi connectivity index (χ3n) is 2.30. The van der Waals surface area contributed by atoms with Crippen LogP contribution in [0.2, 0.25) is 0 Å². The summed E-state index contributed by atoms with van der Waals surface area (Å²) in [4.78, 5) is 10.9. The van der Waals surface area contributed by atoms with Crippen LogP contribution in [-0.4, -0.2) is 19.5 Å². The summed E-state index contributed by atoms with van der Waals surface area (Å²) in [6.45, 7) is 6.69. The normalized spacial score (nSPS) is 9.89. The molecule has 0 atom stereocenters. The number of hydrogen-bond donors (Lipinski definition) is 0. The number of carbonyl (C=O) groups excluding carboxylic acids is 1. The van der Waals surface area contributed by atoms with E-state index in [1.807, 2.05) is 0 Å². The third kappa shape index (κ3) is 4.18. The van der Waals surface area contributed by atoms with Crippen molar-refractivity contribution in [2.75, 3.05) is 13.2 Å². The average molecular weight is 313 g/mol. The predicted molar refractivity (Wildman–Crippen MR) is 75.6 cm³/mol. The molecule has 1 aromatic carbocycles. The lowest BCUT2D eigenvalue weighted by Gasteiger charge is -2.12. The van der Waals surface area contributed by atoms with Crippen molar-refractivity contribution in [1.29, 1.82) is 0 Å². The lowest BCUT2D eigenvalue weighted by atomic mass is 10.2. The van der Waals surface area contributed by atoms with Crippen molar-refractivity contribution in [1.82, 2.24) is 0 Å². The molecule has 3 nitrogen and oxygen atoms in total. The maximum Gasteiger partial charge on any atom is 0.153 e. The highest BCUT2D eigenvalue weighted by Crippen LogP contribution is 2.32. The van der Waals surface area contributed by atoms with Gasteiger partial charge in [-0.25, -0.2) is 0 Å². The predicted octanol–water partition coefficient (Wildman–Crippen LogP) is 4.01. The van der Waals surface area contributed by atoms with Gasteiger partial charge in [0.25, 0.3) is 0 Å². The van der Waals surface area contributed by atoms with E-state index in [2.05, 4.69) is 29.4 Å². The van der Waals surface area contributed by atoms with Crippen LogP contribution in [-0.2, 0) is 0 Å². The molecule has 18 heavy (non-hydrogen) atoms. The number of carbonyl (C=O) groups is 1. The summed E-state index contributed by atoms with van der Waals surface area (Å²) >= 11 is 3.38. The lowest BCUT2D eigenvalue weighted by Crippen LogP contribution is -2.01. The molecule has 0 spiro atoms. The zero-order valence-electron chi connectivity index (χ0n) is 10.4. The summed E-state index contributed by atoms with van der Waals surface area (Å²) in [5.41, 5.74) is 0.492. The number of rotatable bonds is 8. The molecule has 1 rings (SSSR count). The molecule has 0 saturated heterocycles. The molecular formula is C14H17BrO3. The van der Waals surface area contributed by atoms with Crippen molar-refractivity contribution in [2.45, 2.75) is 19.8 Å². The second kappa shape index (κ2) is 7.93. The minimum absolute atomic E-state index is 0.358. The van der Waals surface area contributed by atoms with E-state index in [0.29, 0.717) is 30.3 Å². The Kier molecular flexibility index (Phi) is 6.50. The van der Waals surface area contributed by atoms with Gasteiger partial charge in [0.15, 0.2) is 6.29 Å². The van der Waals surface area contributed by atoms with Crippen LogP contribution < -0.4 is 9.47 Å². The van der Waals surface area contributed by atoms with Crippen LogP contribution in [0.5, 0.6) is 11.5 Å². The SMILES string of the molecule is C=CCOc1cc(OCCCC)c(Br)cc1C=O. The van der Waals surface area contributed by atoms with Crippen molar-refractivity contribution in [3.63, 3.8) is 0 Å². The summed E-state index contributed by atoms with van der Waals surface area (Å²) in [5.74, 6) is 1.20. The summed E-state index contributed by atoms with van der Waals surface area (Å²) in [7, 11) is 0. The highest BCUT2D eigenvalue weighted by atomic mass is 79.9. The van der Waals surface area contributed by atoms with E-state index < -0.39 is 0 Å². The lowest BCUT2D eigenvalue weighted by molar-refractivity contribution is 0.112. The standard InChI is InChI=1S/C14H17BrO3/c1-3-5-7-18-14-9-13(17-6-4-2)11(10-16)8-12(14)15/h4,8-10H,2-3,5-7H2,1H3. The van der Waals surface area contributed by atoms with Gasteiger partial charge in [0, 0.05) is 6.07 Å². The zero-order valence-corrected chi connectivity index (χ0v) is 12.0. The van der Waals surface area contributed by atoms with Gasteiger partial charge in [-0.3, -0.25) is 4.79 Å². The fourth-order valence-corrected chi connectivity index (χ4v) is 1.83. The average Bonchev–Trinajstić information content (AvgIpc) is 2.38. The second-order valence-electron chi connectivity index (χ2n) is 3.74. The molecule has 0 aromatic heterocycles. The highest BCUT2D eigenvalue weighted by molar-refractivity contribution is 9.10. The van der Waals surface area contributed by atoms with Crippen molar-refractivity contribution in [3.8, 4) is 11.5 Å².